The van der Waals surface area contributed by atoms with Gasteiger partial charge in [-0.1, -0.05) is 0 Å². The Balaban J connectivity index is 1.62. The lowest BCUT2D eigenvalue weighted by molar-refractivity contribution is -0.118. The second-order valence-electron chi connectivity index (χ2n) is 5.87. The molecule has 25 heavy (non-hydrogen) atoms. The van der Waals surface area contributed by atoms with Crippen molar-refractivity contribution >= 4 is 23.3 Å². The van der Waals surface area contributed by atoms with Crippen LogP contribution in [0.1, 0.15) is 12.0 Å². The summed E-state index contributed by atoms with van der Waals surface area (Å²) < 4.78 is 26.2. The van der Waals surface area contributed by atoms with Gasteiger partial charge in [0.15, 0.2) is 0 Å². The Hall–Kier alpha value is -2.96. The summed E-state index contributed by atoms with van der Waals surface area (Å²) in [5, 5.41) is 5.16. The molecule has 7 heteroatoms. The molecule has 1 saturated heterocycles. The zero-order valence-corrected chi connectivity index (χ0v) is 13.6. The van der Waals surface area contributed by atoms with Crippen molar-refractivity contribution < 1.29 is 18.4 Å². The molecule has 2 aromatic carbocycles. The number of halogens is 2. The van der Waals surface area contributed by atoms with Crippen molar-refractivity contribution in [1.82, 2.24) is 5.32 Å². The number of carbonyl (C=O) groups excluding carboxylic acids is 2. The second-order valence-corrected chi connectivity index (χ2v) is 5.87. The van der Waals surface area contributed by atoms with E-state index in [0.29, 0.717) is 29.9 Å². The molecule has 130 valence electrons. The lowest BCUT2D eigenvalue weighted by Gasteiger charge is -2.18. The molecule has 1 fully saturated rings. The molecule has 0 saturated carbocycles. The molecule has 0 aromatic heterocycles. The first-order valence-corrected chi connectivity index (χ1v) is 7.84. The van der Waals surface area contributed by atoms with Crippen molar-refractivity contribution in [3.8, 4) is 0 Å². The van der Waals surface area contributed by atoms with Crippen LogP contribution in [0.4, 0.5) is 25.0 Å². The number of urea groups is 1. The molecule has 2 aromatic rings. The molecular weight excluding hydrogens is 328 g/mol. The van der Waals surface area contributed by atoms with Crippen molar-refractivity contribution in [3.05, 3.63) is 59.7 Å². The minimum absolute atomic E-state index is 0.250. The molecule has 1 unspecified atom stereocenters. The smallest absolute Gasteiger partial charge is 0.319 e. The van der Waals surface area contributed by atoms with Gasteiger partial charge in [-0.2, -0.15) is 0 Å². The van der Waals surface area contributed by atoms with Gasteiger partial charge < -0.3 is 15.5 Å². The van der Waals surface area contributed by atoms with Crippen LogP contribution in [0.15, 0.2) is 42.5 Å². The lowest BCUT2D eigenvalue weighted by atomic mass is 10.2. The Kier molecular flexibility index (Phi) is 4.65. The van der Waals surface area contributed by atoms with E-state index in [1.807, 2.05) is 0 Å². The highest BCUT2D eigenvalue weighted by Gasteiger charge is 2.33. The van der Waals surface area contributed by atoms with Crippen molar-refractivity contribution in [2.45, 2.75) is 19.4 Å². The fourth-order valence-corrected chi connectivity index (χ4v) is 2.73. The molecule has 1 aliphatic rings. The van der Waals surface area contributed by atoms with Crippen LogP contribution in [0.2, 0.25) is 0 Å². The first-order valence-electron chi connectivity index (χ1n) is 7.84. The van der Waals surface area contributed by atoms with E-state index in [1.165, 1.54) is 35.2 Å². The normalized spacial score (nSPS) is 16.8. The number of carbonyl (C=O) groups is 2. The molecule has 3 amide bonds. The van der Waals surface area contributed by atoms with Crippen LogP contribution in [-0.4, -0.2) is 24.5 Å². The van der Waals surface area contributed by atoms with Gasteiger partial charge >= 0.3 is 6.03 Å². The monoisotopic (exact) mass is 345 g/mol. The average Bonchev–Trinajstić information content (AvgIpc) is 2.93. The highest BCUT2D eigenvalue weighted by Crippen LogP contribution is 2.24. The topological polar surface area (TPSA) is 61.4 Å². The first-order chi connectivity index (χ1) is 11.9. The van der Waals surface area contributed by atoms with Gasteiger partial charge in [0.1, 0.15) is 17.7 Å². The lowest BCUT2D eigenvalue weighted by Crippen LogP contribution is -2.43. The summed E-state index contributed by atoms with van der Waals surface area (Å²) in [6, 6.07) is 8.59. The molecule has 3 rings (SSSR count). The van der Waals surface area contributed by atoms with E-state index in [0.717, 1.165) is 0 Å². The highest BCUT2D eigenvalue weighted by atomic mass is 19.1. The Morgan fingerprint density at radius 1 is 1.16 bits per heavy atom. The zero-order valence-electron chi connectivity index (χ0n) is 13.6. The molecule has 0 bridgehead atoms. The summed E-state index contributed by atoms with van der Waals surface area (Å²) in [4.78, 5) is 26.0. The fourth-order valence-electron chi connectivity index (χ4n) is 2.73. The minimum atomic E-state index is -0.661. The maximum Gasteiger partial charge on any atom is 0.319 e. The van der Waals surface area contributed by atoms with Crippen LogP contribution >= 0.6 is 0 Å². The van der Waals surface area contributed by atoms with Crippen LogP contribution in [0.3, 0.4) is 0 Å². The van der Waals surface area contributed by atoms with Gasteiger partial charge in [-0.25, -0.2) is 13.6 Å². The summed E-state index contributed by atoms with van der Waals surface area (Å²) >= 11 is 0. The maximum absolute atomic E-state index is 13.4. The summed E-state index contributed by atoms with van der Waals surface area (Å²) in [5.41, 5.74) is 1.48. The van der Waals surface area contributed by atoms with Gasteiger partial charge in [-0.15, -0.1) is 0 Å². The predicted octanol–water partition coefficient (Wildman–Crippen LogP) is 3.20. The maximum atomic E-state index is 13.4. The fraction of sp³-hybridized carbons (Fsp3) is 0.222. The van der Waals surface area contributed by atoms with Crippen LogP contribution in [-0.2, 0) is 4.79 Å². The van der Waals surface area contributed by atoms with Gasteiger partial charge in [0.25, 0.3) is 0 Å². The number of amides is 3. The number of hydrogen-bond acceptors (Lipinski definition) is 2. The van der Waals surface area contributed by atoms with E-state index in [1.54, 1.807) is 19.1 Å². The van der Waals surface area contributed by atoms with Gasteiger partial charge in [0.2, 0.25) is 5.91 Å². The van der Waals surface area contributed by atoms with Crippen LogP contribution in [0.25, 0.3) is 0 Å². The Labute approximate surface area is 143 Å². The SMILES string of the molecule is Cc1cc(N2CCC(NC(=O)Nc3ccc(F)cc3)C2=O)ccc1F. The quantitative estimate of drug-likeness (QED) is 0.897. The largest absolute Gasteiger partial charge is 0.326 e. The summed E-state index contributed by atoms with van der Waals surface area (Å²) in [6.45, 7) is 2.07. The highest BCUT2D eigenvalue weighted by molar-refractivity contribution is 6.02. The van der Waals surface area contributed by atoms with Crippen LogP contribution in [0, 0.1) is 18.6 Å². The van der Waals surface area contributed by atoms with E-state index in [-0.39, 0.29) is 11.7 Å². The third kappa shape index (κ3) is 3.76. The number of benzene rings is 2. The van der Waals surface area contributed by atoms with Crippen molar-refractivity contribution in [1.29, 1.82) is 0 Å². The van der Waals surface area contributed by atoms with Crippen molar-refractivity contribution in [3.63, 3.8) is 0 Å². The van der Waals surface area contributed by atoms with E-state index in [2.05, 4.69) is 10.6 Å². The summed E-state index contributed by atoms with van der Waals surface area (Å²) in [7, 11) is 0. The van der Waals surface area contributed by atoms with Crippen LogP contribution in [0.5, 0.6) is 0 Å². The molecule has 1 heterocycles. The average molecular weight is 345 g/mol. The zero-order chi connectivity index (χ0) is 18.0. The number of aryl methyl sites for hydroxylation is 1. The molecule has 2 N–H and O–H groups in total. The standard InChI is InChI=1S/C18H17F2N3O2/c1-11-10-14(6-7-15(11)20)23-9-8-16(17(23)24)22-18(25)21-13-4-2-12(19)3-5-13/h2-7,10,16H,8-9H2,1H3,(H2,21,22,25). The van der Waals surface area contributed by atoms with Crippen LogP contribution < -0.4 is 15.5 Å². The third-order valence-corrected chi connectivity index (χ3v) is 4.07. The Morgan fingerprint density at radius 2 is 1.88 bits per heavy atom. The molecule has 0 aliphatic carbocycles. The Morgan fingerprint density at radius 3 is 2.56 bits per heavy atom. The second kappa shape index (κ2) is 6.88. The number of nitrogens with one attached hydrogen (secondary N) is 2. The predicted molar refractivity (Wildman–Crippen MR) is 90.4 cm³/mol. The molecule has 1 aliphatic heterocycles. The summed E-state index contributed by atoms with van der Waals surface area (Å²) in [5.74, 6) is -0.980. The van der Waals surface area contributed by atoms with E-state index in [4.69, 9.17) is 0 Å². The van der Waals surface area contributed by atoms with Gasteiger partial charge in [0.05, 0.1) is 0 Å². The van der Waals surface area contributed by atoms with E-state index >= 15 is 0 Å². The Bertz CT molecular complexity index is 808. The first kappa shape index (κ1) is 16.9. The van der Waals surface area contributed by atoms with E-state index < -0.39 is 17.9 Å². The van der Waals surface area contributed by atoms with Gasteiger partial charge in [0, 0.05) is 17.9 Å². The molecule has 0 spiro atoms. The number of hydrogen-bond donors (Lipinski definition) is 2. The molecule has 5 nitrogen and oxygen atoms in total. The van der Waals surface area contributed by atoms with Gasteiger partial charge in [-0.3, -0.25) is 4.79 Å². The summed E-state index contributed by atoms with van der Waals surface area (Å²) in [6.07, 6.45) is 0.450. The number of anilines is 2. The number of rotatable bonds is 3. The number of nitrogens with zero attached hydrogens (tertiary/aromatic N) is 1. The molecular formula is C18H17F2N3O2. The third-order valence-electron chi connectivity index (χ3n) is 4.07. The van der Waals surface area contributed by atoms with Crippen molar-refractivity contribution in [2.75, 3.05) is 16.8 Å². The molecule has 1 atom stereocenters. The minimum Gasteiger partial charge on any atom is -0.326 e. The molecule has 0 radical (unpaired) electrons. The van der Waals surface area contributed by atoms with Crippen molar-refractivity contribution in [2.24, 2.45) is 0 Å². The van der Waals surface area contributed by atoms with Gasteiger partial charge in [-0.05, 0) is 61.4 Å². The van der Waals surface area contributed by atoms with E-state index in [9.17, 15) is 18.4 Å².